The highest BCUT2D eigenvalue weighted by Crippen LogP contribution is 2.17. The van der Waals surface area contributed by atoms with Gasteiger partial charge in [0.25, 0.3) is 5.91 Å². The summed E-state index contributed by atoms with van der Waals surface area (Å²) in [4.78, 5) is 11.6. The first-order valence-electron chi connectivity index (χ1n) is 5.32. The first-order valence-corrected chi connectivity index (χ1v) is 6.12. The molecule has 0 spiro atoms. The van der Waals surface area contributed by atoms with Gasteiger partial charge in [-0.2, -0.15) is 0 Å². The Hall–Kier alpha value is -0.780. The second-order valence-electron chi connectivity index (χ2n) is 4.38. The summed E-state index contributed by atoms with van der Waals surface area (Å²) < 4.78 is 6.27. The smallest absolute Gasteiger partial charge is 0.258 e. The number of nitrogens with two attached hydrogens (primary N) is 1. The molecule has 0 unspecified atom stereocenters. The molecule has 0 heterocycles. The maximum Gasteiger partial charge on any atom is 0.258 e. The fourth-order valence-electron chi connectivity index (χ4n) is 1.17. The van der Waals surface area contributed by atoms with Gasteiger partial charge in [0.05, 0.1) is 0 Å². The Morgan fingerprint density at radius 2 is 2.17 bits per heavy atom. The highest BCUT2D eigenvalue weighted by molar-refractivity contribution is 9.10. The van der Waals surface area contributed by atoms with E-state index in [-0.39, 0.29) is 24.9 Å². The second kappa shape index (κ2) is 7.61. The van der Waals surface area contributed by atoms with Gasteiger partial charge in [-0.25, -0.2) is 0 Å². The molecule has 0 radical (unpaired) electrons. The van der Waals surface area contributed by atoms with E-state index in [9.17, 15) is 4.79 Å². The fourth-order valence-corrected chi connectivity index (χ4v) is 1.55. The third kappa shape index (κ3) is 6.23. The van der Waals surface area contributed by atoms with Gasteiger partial charge in [-0.05, 0) is 32.0 Å². The van der Waals surface area contributed by atoms with Crippen molar-refractivity contribution >= 4 is 34.2 Å². The SMILES string of the molecule is CC(C)(CN)NC(=O)COc1cccc(Br)c1.Cl. The Balaban J connectivity index is 0.00000289. The van der Waals surface area contributed by atoms with Crippen LogP contribution in [0.15, 0.2) is 28.7 Å². The van der Waals surface area contributed by atoms with Crippen LogP contribution in [0.2, 0.25) is 0 Å². The van der Waals surface area contributed by atoms with E-state index in [2.05, 4.69) is 21.2 Å². The highest BCUT2D eigenvalue weighted by Gasteiger charge is 2.18. The number of carbonyl (C=O) groups excluding carboxylic acids is 1. The number of ether oxygens (including phenoxy) is 1. The number of amides is 1. The third-order valence-corrected chi connectivity index (χ3v) is 2.65. The minimum absolute atomic E-state index is 0. The largest absolute Gasteiger partial charge is 0.484 e. The summed E-state index contributed by atoms with van der Waals surface area (Å²) in [7, 11) is 0. The summed E-state index contributed by atoms with van der Waals surface area (Å²) in [6.07, 6.45) is 0. The van der Waals surface area contributed by atoms with E-state index in [1.54, 1.807) is 12.1 Å². The van der Waals surface area contributed by atoms with Crippen LogP contribution < -0.4 is 15.8 Å². The third-order valence-electron chi connectivity index (χ3n) is 2.15. The predicted molar refractivity (Wildman–Crippen MR) is 78.2 cm³/mol. The molecule has 0 aromatic heterocycles. The van der Waals surface area contributed by atoms with Gasteiger partial charge in [0.1, 0.15) is 5.75 Å². The van der Waals surface area contributed by atoms with Crippen LogP contribution in [-0.2, 0) is 4.79 Å². The predicted octanol–water partition coefficient (Wildman–Crippen LogP) is 2.10. The van der Waals surface area contributed by atoms with Crippen LogP contribution >= 0.6 is 28.3 Å². The molecule has 0 aliphatic rings. The molecule has 0 saturated carbocycles. The molecule has 0 atom stereocenters. The van der Waals surface area contributed by atoms with Crippen molar-refractivity contribution in [3.8, 4) is 5.75 Å². The standard InChI is InChI=1S/C12H17BrN2O2.ClH/c1-12(2,8-14)15-11(16)7-17-10-5-3-4-9(13)6-10;/h3-6H,7-8,14H2,1-2H3,(H,15,16);1H. The summed E-state index contributed by atoms with van der Waals surface area (Å²) in [6.45, 7) is 4.10. The quantitative estimate of drug-likeness (QED) is 0.865. The van der Waals surface area contributed by atoms with Gasteiger partial charge < -0.3 is 15.8 Å². The number of benzene rings is 1. The van der Waals surface area contributed by atoms with E-state index in [1.165, 1.54) is 0 Å². The Bertz CT molecular complexity index is 399. The first kappa shape index (κ1) is 17.2. The molecule has 18 heavy (non-hydrogen) atoms. The molecule has 4 nitrogen and oxygen atoms in total. The van der Waals surface area contributed by atoms with Crippen molar-refractivity contribution in [2.75, 3.05) is 13.2 Å². The lowest BCUT2D eigenvalue weighted by atomic mass is 10.1. The van der Waals surface area contributed by atoms with Gasteiger partial charge in [0, 0.05) is 16.6 Å². The van der Waals surface area contributed by atoms with Crippen LogP contribution in [0.5, 0.6) is 5.75 Å². The van der Waals surface area contributed by atoms with Crippen molar-refractivity contribution in [2.45, 2.75) is 19.4 Å². The van der Waals surface area contributed by atoms with Crippen molar-refractivity contribution in [1.29, 1.82) is 0 Å². The molecular weight excluding hydrogens is 320 g/mol. The number of halogens is 2. The van der Waals surface area contributed by atoms with E-state index in [1.807, 2.05) is 26.0 Å². The molecule has 1 aromatic rings. The molecule has 102 valence electrons. The van der Waals surface area contributed by atoms with Crippen molar-refractivity contribution in [3.63, 3.8) is 0 Å². The van der Waals surface area contributed by atoms with Gasteiger partial charge in [0.15, 0.2) is 6.61 Å². The Labute approximate surface area is 122 Å². The number of hydrogen-bond acceptors (Lipinski definition) is 3. The van der Waals surface area contributed by atoms with E-state index in [0.717, 1.165) is 4.47 Å². The molecule has 0 aliphatic heterocycles. The lowest BCUT2D eigenvalue weighted by Gasteiger charge is -2.24. The average molecular weight is 338 g/mol. The van der Waals surface area contributed by atoms with Crippen molar-refractivity contribution in [1.82, 2.24) is 5.32 Å². The minimum atomic E-state index is -0.405. The van der Waals surface area contributed by atoms with Crippen LogP contribution in [0.1, 0.15) is 13.8 Å². The minimum Gasteiger partial charge on any atom is -0.484 e. The fraction of sp³-hybridized carbons (Fsp3) is 0.417. The Kier molecular flexibility index (Phi) is 7.28. The zero-order valence-corrected chi connectivity index (χ0v) is 12.8. The van der Waals surface area contributed by atoms with Crippen LogP contribution in [0.25, 0.3) is 0 Å². The molecule has 3 N–H and O–H groups in total. The van der Waals surface area contributed by atoms with Crippen molar-refractivity contribution < 1.29 is 9.53 Å². The van der Waals surface area contributed by atoms with E-state index < -0.39 is 5.54 Å². The zero-order chi connectivity index (χ0) is 12.9. The maximum absolute atomic E-state index is 11.6. The van der Waals surface area contributed by atoms with E-state index in [4.69, 9.17) is 10.5 Å². The lowest BCUT2D eigenvalue weighted by molar-refractivity contribution is -0.124. The molecule has 1 rings (SSSR count). The number of carbonyl (C=O) groups is 1. The molecule has 1 amide bonds. The van der Waals surface area contributed by atoms with Crippen LogP contribution in [0, 0.1) is 0 Å². The van der Waals surface area contributed by atoms with Crippen molar-refractivity contribution in [3.05, 3.63) is 28.7 Å². The van der Waals surface area contributed by atoms with Gasteiger partial charge in [-0.15, -0.1) is 12.4 Å². The summed E-state index contributed by atoms with van der Waals surface area (Å²) in [5.74, 6) is 0.473. The van der Waals surface area contributed by atoms with Gasteiger partial charge in [0.2, 0.25) is 0 Å². The molecule has 6 heteroatoms. The Morgan fingerprint density at radius 3 is 2.72 bits per heavy atom. The normalized spacial score (nSPS) is 10.4. The second-order valence-corrected chi connectivity index (χ2v) is 5.30. The molecule has 0 saturated heterocycles. The molecular formula is C12H18BrClN2O2. The maximum atomic E-state index is 11.6. The van der Waals surface area contributed by atoms with Gasteiger partial charge >= 0.3 is 0 Å². The summed E-state index contributed by atoms with van der Waals surface area (Å²) in [6, 6.07) is 7.35. The van der Waals surface area contributed by atoms with Gasteiger partial charge in [-0.1, -0.05) is 22.0 Å². The zero-order valence-electron chi connectivity index (χ0n) is 10.4. The van der Waals surface area contributed by atoms with Crippen LogP contribution in [0.3, 0.4) is 0 Å². The first-order chi connectivity index (χ1) is 7.93. The number of hydrogen-bond donors (Lipinski definition) is 2. The summed E-state index contributed by atoms with van der Waals surface area (Å²) in [5.41, 5.74) is 5.11. The molecule has 1 aromatic carbocycles. The highest BCUT2D eigenvalue weighted by atomic mass is 79.9. The summed E-state index contributed by atoms with van der Waals surface area (Å²) >= 11 is 3.33. The average Bonchev–Trinajstić information content (AvgIpc) is 2.26. The molecule has 0 fully saturated rings. The van der Waals surface area contributed by atoms with Crippen LogP contribution in [-0.4, -0.2) is 24.6 Å². The molecule has 0 bridgehead atoms. The van der Waals surface area contributed by atoms with Gasteiger partial charge in [-0.3, -0.25) is 4.79 Å². The molecule has 0 aliphatic carbocycles. The number of nitrogens with one attached hydrogen (secondary N) is 1. The monoisotopic (exact) mass is 336 g/mol. The van der Waals surface area contributed by atoms with Crippen LogP contribution in [0.4, 0.5) is 0 Å². The topological polar surface area (TPSA) is 64.3 Å². The van der Waals surface area contributed by atoms with Crippen molar-refractivity contribution in [2.24, 2.45) is 5.73 Å². The summed E-state index contributed by atoms with van der Waals surface area (Å²) in [5, 5.41) is 2.79. The van der Waals surface area contributed by atoms with E-state index in [0.29, 0.717) is 12.3 Å². The van der Waals surface area contributed by atoms with E-state index >= 15 is 0 Å². The number of rotatable bonds is 5. The lowest BCUT2D eigenvalue weighted by Crippen LogP contribution is -2.50. The Morgan fingerprint density at radius 1 is 1.50 bits per heavy atom.